The topological polar surface area (TPSA) is 109 Å². The van der Waals surface area contributed by atoms with Gasteiger partial charge in [-0.25, -0.2) is 4.79 Å². The summed E-state index contributed by atoms with van der Waals surface area (Å²) in [7, 11) is 0. The first-order valence-corrected chi connectivity index (χ1v) is 21.9. The minimum atomic E-state index is -1.99. The number of fused-ring (bicyclic) bond motifs is 5. The first-order chi connectivity index (χ1) is 29.6. The molecular formula is C44H45CrF6N6O5S. The second-order valence-electron chi connectivity index (χ2n) is 18.5. The predicted molar refractivity (Wildman–Crippen MR) is 222 cm³/mol. The third-order valence-corrected chi connectivity index (χ3v) is 13.3. The van der Waals surface area contributed by atoms with Gasteiger partial charge in [-0.2, -0.15) is 17.6 Å². The van der Waals surface area contributed by atoms with Crippen molar-refractivity contribution in [3.05, 3.63) is 65.3 Å². The number of hydrogen-bond acceptors (Lipinski definition) is 10. The van der Waals surface area contributed by atoms with E-state index in [4.69, 9.17) is 19.2 Å². The molecular weight excluding hydrogens is 891 g/mol. The molecule has 4 aromatic rings. The molecule has 2 bridgehead atoms. The molecule has 63 heavy (non-hydrogen) atoms. The van der Waals surface area contributed by atoms with E-state index in [1.807, 2.05) is 4.90 Å². The van der Waals surface area contributed by atoms with Crippen molar-refractivity contribution in [2.45, 2.75) is 102 Å². The Morgan fingerprint density at radius 2 is 1.75 bits per heavy atom. The minimum absolute atomic E-state index is 0.000471. The molecule has 8 rings (SSSR count). The van der Waals surface area contributed by atoms with Gasteiger partial charge < -0.3 is 4.74 Å². The number of halogens is 6. The molecule has 0 radical (unpaired) electrons. The van der Waals surface area contributed by atoms with E-state index >= 15 is 8.78 Å². The maximum atomic E-state index is 17.5. The Morgan fingerprint density at radius 3 is 2.43 bits per heavy atom. The molecule has 4 fully saturated rings. The zero-order valence-corrected chi connectivity index (χ0v) is 37.5. The molecule has 4 aliphatic heterocycles. The maximum absolute atomic E-state index is 17.5. The van der Waals surface area contributed by atoms with E-state index in [2.05, 4.69) is 30.7 Å². The number of ether oxygens (including phenoxy) is 3. The number of nitrogens with zero attached hydrogens (tertiary/aromatic N) is 5. The number of hydrogen-bond donors (Lipinski definition) is 1. The second kappa shape index (κ2) is 16.3. The van der Waals surface area contributed by atoms with Crippen molar-refractivity contribution in [1.82, 2.24) is 19.8 Å². The summed E-state index contributed by atoms with van der Waals surface area (Å²) in [6.07, 6.45) is -2.55. The molecule has 2 unspecified atom stereocenters. The molecule has 1 N–H and O–H groups in total. The molecule has 0 aliphatic carbocycles. The van der Waals surface area contributed by atoms with E-state index in [9.17, 15) is 27.2 Å². The van der Waals surface area contributed by atoms with Crippen LogP contribution < -0.4 is 15.0 Å². The molecule has 2 aromatic heterocycles. The number of amides is 2. The molecule has 11 nitrogen and oxygen atoms in total. The summed E-state index contributed by atoms with van der Waals surface area (Å²) in [5.74, 6) is -1.33. The van der Waals surface area contributed by atoms with Crippen LogP contribution in [0, 0.1) is 16.3 Å². The van der Waals surface area contributed by atoms with Gasteiger partial charge in [0.15, 0.2) is 0 Å². The Hall–Kier alpha value is -4.79. The average Bonchev–Trinajstić information content (AvgIpc) is 3.90. The average molecular weight is 936 g/mol. The third-order valence-electron chi connectivity index (χ3n) is 11.9. The molecule has 4 saturated heterocycles. The third kappa shape index (κ3) is 8.50. The summed E-state index contributed by atoms with van der Waals surface area (Å²) in [5.41, 5.74) is -3.71. The summed E-state index contributed by atoms with van der Waals surface area (Å²) >= 11 is 3.60. The van der Waals surface area contributed by atoms with Crippen LogP contribution in [-0.4, -0.2) is 93.1 Å². The molecule has 6 heterocycles. The summed E-state index contributed by atoms with van der Waals surface area (Å²) in [4.78, 5) is 40.8. The van der Waals surface area contributed by atoms with Crippen LogP contribution in [0.2, 0.25) is 0 Å². The van der Waals surface area contributed by atoms with Crippen molar-refractivity contribution in [2.24, 2.45) is 0 Å². The fourth-order valence-electron chi connectivity index (χ4n) is 9.48. The number of rotatable bonds is 7. The number of carbonyl (C=O) groups excluding carboxylic acids is 2. The van der Waals surface area contributed by atoms with Gasteiger partial charge in [0.25, 0.3) is 12.2 Å². The first-order valence-electron chi connectivity index (χ1n) is 20.5. The van der Waals surface area contributed by atoms with Crippen LogP contribution in [0.15, 0.2) is 48.1 Å². The van der Waals surface area contributed by atoms with Crippen LogP contribution in [-0.2, 0) is 25.1 Å². The predicted octanol–water partition coefficient (Wildman–Crippen LogP) is 10.5. The second-order valence-corrected chi connectivity index (χ2v) is 19.9. The molecule has 3 atom stereocenters. The van der Waals surface area contributed by atoms with Gasteiger partial charge in [0, 0.05) is 18.2 Å². The Kier molecular flexibility index (Phi) is 11.6. The van der Waals surface area contributed by atoms with Crippen LogP contribution >= 0.6 is 11.3 Å². The van der Waals surface area contributed by atoms with Gasteiger partial charge in [0.1, 0.15) is 5.60 Å². The fraction of sp³-hybridized carbons (Fsp3) is 0.477. The van der Waals surface area contributed by atoms with Gasteiger partial charge in [0.05, 0.1) is 0 Å². The Morgan fingerprint density at radius 1 is 1.02 bits per heavy atom. The quantitative estimate of drug-likeness (QED) is 0.181. The molecule has 2 amide bonds. The van der Waals surface area contributed by atoms with Gasteiger partial charge in [-0.15, -0.1) is 0 Å². The number of thiophene rings is 1. The van der Waals surface area contributed by atoms with Gasteiger partial charge >= 0.3 is 241 Å². The van der Waals surface area contributed by atoms with Crippen LogP contribution in [0.3, 0.4) is 0 Å². The van der Waals surface area contributed by atoms with E-state index in [0.29, 0.717) is 19.4 Å². The molecule has 335 valence electrons. The zero-order valence-electron chi connectivity index (χ0n) is 35.4. The van der Waals surface area contributed by atoms with Gasteiger partial charge in [-0.3, -0.25) is 9.80 Å². The number of benzene rings is 2. The van der Waals surface area contributed by atoms with Crippen molar-refractivity contribution in [2.75, 3.05) is 43.0 Å². The van der Waals surface area contributed by atoms with Crippen LogP contribution in [0.25, 0.3) is 32.1 Å². The molecule has 4 aliphatic rings. The van der Waals surface area contributed by atoms with Crippen molar-refractivity contribution >= 4 is 55.3 Å². The number of nitrogens with one attached hydrogen (secondary N) is 1. The normalized spacial score (nSPS) is 22.3. The summed E-state index contributed by atoms with van der Waals surface area (Å²) in [5, 5.41) is 3.30. The van der Waals surface area contributed by atoms with Gasteiger partial charge in [0.2, 0.25) is 0 Å². The van der Waals surface area contributed by atoms with Crippen molar-refractivity contribution in [3.8, 4) is 21.8 Å². The number of aromatic nitrogens is 2. The standard InChI is InChI=1S/C44H45F6N6O5S.Cr/c1-23-31-26(11-12-29(45)34(31)62-37(23)53-39(57)60-41(2,3)4)27-9-10-28-33(32(27)48)51-38(59-22-44-14-8-16-55(44)19-24(17-44)35(49)50)52-36(28)54-20-25-13-15-43(21-54,18-30(46)47)56(25)40(58)61-42(5,6)7;/h9-12,18,25H,8,13-17,19-22H2,2-7H3,(H,53,57);/t25?,43?,44-;/m0./s1. The molecule has 19 heteroatoms. The van der Waals surface area contributed by atoms with Crippen LogP contribution in [0.5, 0.6) is 6.01 Å². The van der Waals surface area contributed by atoms with Gasteiger partial charge in [-0.1, -0.05) is 0 Å². The summed E-state index contributed by atoms with van der Waals surface area (Å²) in [6.45, 7) is 10.7. The fourth-order valence-corrected chi connectivity index (χ4v) is 11.0. The number of piperazine rings is 1. The first kappa shape index (κ1) is 44.8. The van der Waals surface area contributed by atoms with Crippen LogP contribution in [0.1, 0.15) is 79.2 Å². The summed E-state index contributed by atoms with van der Waals surface area (Å²) < 4.78 is 110. The Balaban J connectivity index is 1.26. The molecule has 2 aromatic carbocycles. The van der Waals surface area contributed by atoms with E-state index in [1.165, 1.54) is 23.1 Å². The van der Waals surface area contributed by atoms with Crippen molar-refractivity contribution in [1.29, 1.82) is 0 Å². The Bertz CT molecular complexity index is 2650. The summed E-state index contributed by atoms with van der Waals surface area (Å²) in [6, 6.07) is 4.78. The number of anilines is 2. The zero-order chi connectivity index (χ0) is 45.4. The van der Waals surface area contributed by atoms with Gasteiger partial charge in [-0.05, 0) is 59.4 Å². The van der Waals surface area contributed by atoms with Crippen molar-refractivity contribution < 1.29 is 65.8 Å². The molecule has 0 saturated carbocycles. The van der Waals surface area contributed by atoms with E-state index in [-0.39, 0.29) is 99.2 Å². The number of carbonyl (C=O) groups is 2. The monoisotopic (exact) mass is 935 g/mol. The molecule has 0 spiro atoms. The Labute approximate surface area is 371 Å². The SMILES string of the molecule is CC(C)(C)OC(=O)Nc1sc2c(F)ccc(-c3ccc4c(N5CC6CCC(C=C(F)F)(C5)N6C(=O)OC(C)(C)C)nc(OC[C@@]56CCCN5CC(=C(F)F)C6)nc4c3F)c2c1[C]#[Cr]. The van der Waals surface area contributed by atoms with E-state index in [0.717, 1.165) is 23.8 Å². The van der Waals surface area contributed by atoms with Crippen molar-refractivity contribution in [3.63, 3.8) is 0 Å². The van der Waals surface area contributed by atoms with E-state index < -0.39 is 64.3 Å². The van der Waals surface area contributed by atoms with Crippen LogP contribution in [0.4, 0.5) is 46.8 Å². The van der Waals surface area contributed by atoms with E-state index in [1.54, 1.807) is 52.5 Å².